The molecule has 6 nitrogen and oxygen atoms in total. The summed E-state index contributed by atoms with van der Waals surface area (Å²) in [6.45, 7) is -0.781. The van der Waals surface area contributed by atoms with E-state index in [9.17, 15) is 27.2 Å². The molecule has 0 aliphatic heterocycles. The van der Waals surface area contributed by atoms with E-state index in [1.54, 1.807) is 0 Å². The summed E-state index contributed by atoms with van der Waals surface area (Å²) < 4.78 is 54.3. The molecule has 0 aliphatic rings. The molecule has 1 amide bonds. The Morgan fingerprint density at radius 2 is 2.00 bits per heavy atom. The Balaban J connectivity index is 2.15. The minimum absolute atomic E-state index is 0.107. The number of aromatic nitrogens is 2. The molecule has 0 spiro atoms. The molecule has 1 heterocycles. The monoisotopic (exact) mass is 319 g/mol. The number of fused-ring (bicyclic) bond motifs is 1. The van der Waals surface area contributed by atoms with Crippen molar-refractivity contribution in [3.63, 3.8) is 0 Å². The Hall–Kier alpha value is -2.65. The zero-order chi connectivity index (χ0) is 16.5. The van der Waals surface area contributed by atoms with Gasteiger partial charge in [-0.1, -0.05) is 0 Å². The number of esters is 1. The van der Waals surface area contributed by atoms with E-state index in [2.05, 4.69) is 9.84 Å². The molecule has 0 saturated carbocycles. The van der Waals surface area contributed by atoms with Gasteiger partial charge in [-0.05, 0) is 12.1 Å². The molecular formula is C12H9F4N3O3. The van der Waals surface area contributed by atoms with Crippen molar-refractivity contribution in [1.82, 2.24) is 9.78 Å². The number of amides is 1. The molecule has 2 N–H and O–H groups in total. The first-order chi connectivity index (χ1) is 10.2. The summed E-state index contributed by atoms with van der Waals surface area (Å²) in [6.07, 6.45) is -3.77. The Labute approximate surface area is 120 Å². The summed E-state index contributed by atoms with van der Waals surface area (Å²) in [7, 11) is 0. The zero-order valence-electron chi connectivity index (χ0n) is 10.9. The molecule has 0 bridgehead atoms. The first kappa shape index (κ1) is 15.7. The number of nitrogens with two attached hydrogens (primary N) is 1. The molecule has 0 aliphatic carbocycles. The zero-order valence-corrected chi connectivity index (χ0v) is 10.9. The number of carbonyl (C=O) groups excluding carboxylic acids is 2. The van der Waals surface area contributed by atoms with Gasteiger partial charge in [0.2, 0.25) is 0 Å². The third-order valence-corrected chi connectivity index (χ3v) is 2.67. The molecule has 2 rings (SSSR count). The van der Waals surface area contributed by atoms with Gasteiger partial charge in [0.05, 0.1) is 12.1 Å². The molecule has 1 aromatic carbocycles. The smallest absolute Gasteiger partial charge is 0.457 e. The number of rotatable bonds is 4. The van der Waals surface area contributed by atoms with Gasteiger partial charge in [0.1, 0.15) is 17.9 Å². The fourth-order valence-corrected chi connectivity index (χ4v) is 1.76. The summed E-state index contributed by atoms with van der Waals surface area (Å²) >= 11 is 0. The van der Waals surface area contributed by atoms with E-state index in [1.165, 1.54) is 6.20 Å². The topological polar surface area (TPSA) is 87.2 Å². The lowest BCUT2D eigenvalue weighted by Crippen LogP contribution is -2.26. The van der Waals surface area contributed by atoms with Gasteiger partial charge in [-0.2, -0.15) is 18.3 Å². The number of benzene rings is 1. The van der Waals surface area contributed by atoms with Crippen LogP contribution in [-0.2, 0) is 16.1 Å². The van der Waals surface area contributed by atoms with Gasteiger partial charge in [0.15, 0.2) is 0 Å². The summed E-state index contributed by atoms with van der Waals surface area (Å²) in [5, 5.41) is 4.16. The van der Waals surface area contributed by atoms with Crippen molar-refractivity contribution in [2.45, 2.75) is 12.7 Å². The molecule has 22 heavy (non-hydrogen) atoms. The predicted octanol–water partition coefficient (Wildman–Crippen LogP) is 1.38. The lowest BCUT2D eigenvalue weighted by molar-refractivity contribution is -0.199. The normalized spacial score (nSPS) is 11.6. The van der Waals surface area contributed by atoms with Crippen molar-refractivity contribution in [1.29, 1.82) is 0 Å². The number of halogens is 4. The van der Waals surface area contributed by atoms with Gasteiger partial charge in [-0.3, -0.25) is 9.48 Å². The summed E-state index contributed by atoms with van der Waals surface area (Å²) in [5.74, 6) is -3.91. The van der Waals surface area contributed by atoms with Crippen LogP contribution in [0.3, 0.4) is 0 Å². The molecule has 0 unspecified atom stereocenters. The van der Waals surface area contributed by atoms with Gasteiger partial charge in [0, 0.05) is 11.6 Å². The van der Waals surface area contributed by atoms with Crippen molar-refractivity contribution in [2.24, 2.45) is 5.73 Å². The summed E-state index contributed by atoms with van der Waals surface area (Å²) in [5.41, 5.74) is 5.05. The van der Waals surface area contributed by atoms with E-state index in [0.717, 1.165) is 16.8 Å². The quantitative estimate of drug-likeness (QED) is 0.681. The molecular weight excluding hydrogens is 310 g/mol. The third kappa shape index (κ3) is 3.32. The second-order valence-electron chi connectivity index (χ2n) is 4.28. The molecule has 118 valence electrons. The summed E-state index contributed by atoms with van der Waals surface area (Å²) in [6, 6.07) is 2.00. The molecule has 0 fully saturated rings. The maximum atomic E-state index is 13.3. The van der Waals surface area contributed by atoms with Crippen LogP contribution in [0, 0.1) is 5.82 Å². The van der Waals surface area contributed by atoms with Crippen LogP contribution in [0.5, 0.6) is 0 Å². The summed E-state index contributed by atoms with van der Waals surface area (Å²) in [4.78, 5) is 21.7. The van der Waals surface area contributed by atoms with Gasteiger partial charge < -0.3 is 10.5 Å². The molecule has 1 aromatic heterocycles. The van der Waals surface area contributed by atoms with E-state index in [0.29, 0.717) is 0 Å². The van der Waals surface area contributed by atoms with Crippen molar-refractivity contribution in [3.05, 3.63) is 29.7 Å². The largest absolute Gasteiger partial charge is 0.490 e. The Bertz CT molecular complexity index is 739. The Morgan fingerprint density at radius 3 is 2.59 bits per heavy atom. The van der Waals surface area contributed by atoms with Crippen LogP contribution >= 0.6 is 0 Å². The molecule has 0 atom stereocenters. The highest BCUT2D eigenvalue weighted by Crippen LogP contribution is 2.19. The van der Waals surface area contributed by atoms with E-state index < -0.39 is 30.5 Å². The van der Waals surface area contributed by atoms with Crippen LogP contribution in [0.1, 0.15) is 10.4 Å². The van der Waals surface area contributed by atoms with Crippen LogP contribution in [0.2, 0.25) is 0 Å². The molecule has 0 saturated heterocycles. The molecule has 2 aromatic rings. The van der Waals surface area contributed by atoms with Crippen LogP contribution in [-0.4, -0.2) is 34.4 Å². The van der Waals surface area contributed by atoms with Gasteiger partial charge in [0.25, 0.3) is 5.91 Å². The Kier molecular flexibility index (Phi) is 4.02. The fourth-order valence-electron chi connectivity index (χ4n) is 1.76. The second kappa shape index (κ2) is 5.62. The average Bonchev–Trinajstić information content (AvgIpc) is 2.78. The molecule has 0 radical (unpaired) electrons. The number of nitrogens with zero attached hydrogens (tertiary/aromatic N) is 2. The van der Waals surface area contributed by atoms with Crippen LogP contribution < -0.4 is 5.73 Å². The highest BCUT2D eigenvalue weighted by atomic mass is 19.4. The van der Waals surface area contributed by atoms with E-state index in [1.807, 2.05) is 0 Å². The predicted molar refractivity (Wildman–Crippen MR) is 65.2 cm³/mol. The standard InChI is InChI=1S/C12H9F4N3O3/c13-7-3-6-5-19(1-2-22-11(21)12(14,15)16)18-9(6)8(4-7)10(17)20/h3-5H,1-2H2,(H2,17,20). The highest BCUT2D eigenvalue weighted by Gasteiger charge is 2.40. The highest BCUT2D eigenvalue weighted by molar-refractivity contribution is 6.04. The average molecular weight is 319 g/mol. The second-order valence-corrected chi connectivity index (χ2v) is 4.28. The van der Waals surface area contributed by atoms with Gasteiger partial charge in [-0.15, -0.1) is 0 Å². The van der Waals surface area contributed by atoms with Crippen LogP contribution in [0.4, 0.5) is 17.6 Å². The van der Waals surface area contributed by atoms with Crippen LogP contribution in [0.25, 0.3) is 10.9 Å². The third-order valence-electron chi connectivity index (χ3n) is 2.67. The molecule has 10 heteroatoms. The number of ether oxygens (including phenoxy) is 1. The number of alkyl halides is 3. The Morgan fingerprint density at radius 1 is 1.32 bits per heavy atom. The van der Waals surface area contributed by atoms with Gasteiger partial charge >= 0.3 is 12.1 Å². The van der Waals surface area contributed by atoms with E-state index >= 15 is 0 Å². The van der Waals surface area contributed by atoms with E-state index in [4.69, 9.17) is 5.73 Å². The van der Waals surface area contributed by atoms with Crippen LogP contribution in [0.15, 0.2) is 18.3 Å². The van der Waals surface area contributed by atoms with Crippen molar-refractivity contribution in [2.75, 3.05) is 6.61 Å². The number of hydrogen-bond acceptors (Lipinski definition) is 4. The number of hydrogen-bond donors (Lipinski definition) is 1. The maximum Gasteiger partial charge on any atom is 0.490 e. The van der Waals surface area contributed by atoms with Crippen molar-refractivity contribution < 1.29 is 31.9 Å². The fraction of sp³-hybridized carbons (Fsp3) is 0.250. The van der Waals surface area contributed by atoms with E-state index in [-0.39, 0.29) is 23.0 Å². The minimum atomic E-state index is -5.07. The SMILES string of the molecule is NC(=O)c1cc(F)cc2cn(CCOC(=O)C(F)(F)F)nc12. The van der Waals surface area contributed by atoms with Crippen molar-refractivity contribution >= 4 is 22.8 Å². The number of primary amides is 1. The lowest BCUT2D eigenvalue weighted by atomic mass is 10.1. The number of carbonyl (C=O) groups is 2. The first-order valence-corrected chi connectivity index (χ1v) is 5.89. The maximum absolute atomic E-state index is 13.3. The lowest BCUT2D eigenvalue weighted by Gasteiger charge is -2.06. The minimum Gasteiger partial charge on any atom is -0.457 e. The first-order valence-electron chi connectivity index (χ1n) is 5.89. The van der Waals surface area contributed by atoms with Gasteiger partial charge in [-0.25, -0.2) is 9.18 Å². The van der Waals surface area contributed by atoms with Crippen molar-refractivity contribution in [3.8, 4) is 0 Å².